The molecule has 0 saturated carbocycles. The van der Waals surface area contributed by atoms with Crippen LogP contribution >= 0.6 is 23.2 Å². The van der Waals surface area contributed by atoms with Crippen LogP contribution in [0.15, 0.2) is 12.1 Å². The van der Waals surface area contributed by atoms with Crippen LogP contribution < -0.4 is 10.1 Å². The second-order valence-electron chi connectivity index (χ2n) is 4.63. The third-order valence-electron chi connectivity index (χ3n) is 3.10. The molecule has 0 fully saturated rings. The molecule has 3 nitrogen and oxygen atoms in total. The predicted molar refractivity (Wildman–Crippen MR) is 85.3 cm³/mol. The van der Waals surface area contributed by atoms with Crippen molar-refractivity contribution in [3.05, 3.63) is 27.7 Å². The molecule has 1 N–H and O–H groups in total. The summed E-state index contributed by atoms with van der Waals surface area (Å²) in [7, 11) is 3.30. The molecule has 0 amide bonds. The minimum Gasteiger partial charge on any atom is -0.495 e. The fourth-order valence-electron chi connectivity index (χ4n) is 1.96. The van der Waals surface area contributed by atoms with Gasteiger partial charge in [-0.25, -0.2) is 0 Å². The summed E-state index contributed by atoms with van der Waals surface area (Å²) in [5.74, 6) is 0.628. The average Bonchev–Trinajstić information content (AvgIpc) is 2.44. The van der Waals surface area contributed by atoms with Gasteiger partial charge in [0.1, 0.15) is 5.75 Å². The van der Waals surface area contributed by atoms with Crippen molar-refractivity contribution < 1.29 is 9.47 Å². The van der Waals surface area contributed by atoms with Crippen molar-refractivity contribution in [2.24, 2.45) is 0 Å². The molecule has 1 aromatic carbocycles. The van der Waals surface area contributed by atoms with E-state index in [1.54, 1.807) is 20.3 Å². The summed E-state index contributed by atoms with van der Waals surface area (Å²) >= 11 is 12.3. The van der Waals surface area contributed by atoms with Gasteiger partial charge in [0.2, 0.25) is 0 Å². The van der Waals surface area contributed by atoms with E-state index in [1.807, 2.05) is 6.07 Å². The number of halogens is 2. The van der Waals surface area contributed by atoms with Crippen LogP contribution in [0.25, 0.3) is 0 Å². The quantitative estimate of drug-likeness (QED) is 0.662. The van der Waals surface area contributed by atoms with Crippen LogP contribution in [0.3, 0.4) is 0 Å². The molecule has 0 aliphatic rings. The lowest BCUT2D eigenvalue weighted by atomic mass is 10.1. The van der Waals surface area contributed by atoms with E-state index in [1.165, 1.54) is 6.42 Å². The lowest BCUT2D eigenvalue weighted by Crippen LogP contribution is -2.20. The topological polar surface area (TPSA) is 30.5 Å². The van der Waals surface area contributed by atoms with Gasteiger partial charge in [0, 0.05) is 24.7 Å². The Morgan fingerprint density at radius 3 is 2.50 bits per heavy atom. The zero-order chi connectivity index (χ0) is 14.8. The first kappa shape index (κ1) is 17.6. The van der Waals surface area contributed by atoms with Gasteiger partial charge >= 0.3 is 0 Å². The molecule has 0 bridgehead atoms. The van der Waals surface area contributed by atoms with Gasteiger partial charge in [0.25, 0.3) is 0 Å². The molecule has 5 heteroatoms. The standard InChI is InChI=1S/C15H23Cl2NO2/c1-19-9-8-18-7-5-3-4-6-12-10-14(17)15(20-2)11-13(12)16/h10-11,18H,3-9H2,1-2H3. The van der Waals surface area contributed by atoms with Crippen molar-refractivity contribution in [2.45, 2.75) is 25.7 Å². The van der Waals surface area contributed by atoms with E-state index in [-0.39, 0.29) is 0 Å². The summed E-state index contributed by atoms with van der Waals surface area (Å²) in [5.41, 5.74) is 1.09. The monoisotopic (exact) mass is 319 g/mol. The van der Waals surface area contributed by atoms with Gasteiger partial charge in [0.05, 0.1) is 18.7 Å². The lowest BCUT2D eigenvalue weighted by Gasteiger charge is -2.09. The summed E-state index contributed by atoms with van der Waals surface area (Å²) < 4.78 is 10.1. The fraction of sp³-hybridized carbons (Fsp3) is 0.600. The SMILES string of the molecule is COCCNCCCCCc1cc(Cl)c(OC)cc1Cl. The molecule has 0 saturated heterocycles. The number of ether oxygens (including phenoxy) is 2. The number of unbranched alkanes of at least 4 members (excludes halogenated alkanes) is 2. The highest BCUT2D eigenvalue weighted by atomic mass is 35.5. The molecule has 1 rings (SSSR count). The zero-order valence-electron chi connectivity index (χ0n) is 12.2. The molecule has 0 heterocycles. The first-order chi connectivity index (χ1) is 9.69. The highest BCUT2D eigenvalue weighted by molar-refractivity contribution is 6.34. The maximum absolute atomic E-state index is 6.21. The molecule has 0 radical (unpaired) electrons. The van der Waals surface area contributed by atoms with Crippen LogP contribution in [0.5, 0.6) is 5.75 Å². The zero-order valence-corrected chi connectivity index (χ0v) is 13.7. The maximum Gasteiger partial charge on any atom is 0.138 e. The van der Waals surface area contributed by atoms with E-state index in [0.29, 0.717) is 10.8 Å². The van der Waals surface area contributed by atoms with Gasteiger partial charge in [0.15, 0.2) is 0 Å². The van der Waals surface area contributed by atoms with Crippen molar-refractivity contribution in [2.75, 3.05) is 33.9 Å². The highest BCUT2D eigenvalue weighted by Crippen LogP contribution is 2.31. The average molecular weight is 320 g/mol. The minimum absolute atomic E-state index is 0.619. The Kier molecular flexibility index (Phi) is 9.03. The van der Waals surface area contributed by atoms with E-state index in [9.17, 15) is 0 Å². The molecule has 0 aliphatic heterocycles. The van der Waals surface area contributed by atoms with Gasteiger partial charge in [-0.3, -0.25) is 0 Å². The number of aryl methyl sites for hydroxylation is 1. The molecule has 0 spiro atoms. The van der Waals surface area contributed by atoms with Crippen molar-refractivity contribution >= 4 is 23.2 Å². The molecule has 0 atom stereocenters. The third kappa shape index (κ3) is 6.31. The molecule has 114 valence electrons. The van der Waals surface area contributed by atoms with Crippen LogP contribution in [0, 0.1) is 0 Å². The van der Waals surface area contributed by atoms with E-state index >= 15 is 0 Å². The smallest absolute Gasteiger partial charge is 0.138 e. The summed E-state index contributed by atoms with van der Waals surface area (Å²) in [4.78, 5) is 0. The summed E-state index contributed by atoms with van der Waals surface area (Å²) in [6, 6.07) is 3.69. The second kappa shape index (κ2) is 10.3. The van der Waals surface area contributed by atoms with Gasteiger partial charge < -0.3 is 14.8 Å². The van der Waals surface area contributed by atoms with Gasteiger partial charge in [-0.2, -0.15) is 0 Å². The van der Waals surface area contributed by atoms with Crippen LogP contribution in [0.4, 0.5) is 0 Å². The number of nitrogens with one attached hydrogen (secondary N) is 1. The van der Waals surface area contributed by atoms with Gasteiger partial charge in [-0.05, 0) is 37.4 Å². The summed E-state index contributed by atoms with van der Waals surface area (Å²) in [6.07, 6.45) is 4.38. The van der Waals surface area contributed by atoms with Gasteiger partial charge in [-0.15, -0.1) is 0 Å². The summed E-state index contributed by atoms with van der Waals surface area (Å²) in [6.45, 7) is 2.71. The first-order valence-electron chi connectivity index (χ1n) is 6.90. The molecule has 0 aliphatic carbocycles. The Morgan fingerprint density at radius 1 is 1.00 bits per heavy atom. The predicted octanol–water partition coefficient (Wildman–Crippen LogP) is 3.95. The molecule has 0 aromatic heterocycles. The van der Waals surface area contributed by atoms with Crippen LogP contribution in [0.1, 0.15) is 24.8 Å². The van der Waals surface area contributed by atoms with E-state index < -0.39 is 0 Å². The number of hydrogen-bond donors (Lipinski definition) is 1. The van der Waals surface area contributed by atoms with Crippen LogP contribution in [0.2, 0.25) is 10.0 Å². The number of hydrogen-bond acceptors (Lipinski definition) is 3. The Labute approximate surface area is 131 Å². The second-order valence-corrected chi connectivity index (χ2v) is 5.45. The van der Waals surface area contributed by atoms with Crippen molar-refractivity contribution in [3.8, 4) is 5.75 Å². The Bertz CT molecular complexity index is 400. The van der Waals surface area contributed by atoms with Crippen molar-refractivity contribution in [1.82, 2.24) is 5.32 Å². The number of methoxy groups -OCH3 is 2. The molecular weight excluding hydrogens is 297 g/mol. The van der Waals surface area contributed by atoms with Crippen molar-refractivity contribution in [1.29, 1.82) is 0 Å². The maximum atomic E-state index is 6.21. The van der Waals surface area contributed by atoms with E-state index in [4.69, 9.17) is 32.7 Å². The Balaban J connectivity index is 2.23. The fourth-order valence-corrected chi connectivity index (χ4v) is 2.47. The number of benzene rings is 1. The third-order valence-corrected chi connectivity index (χ3v) is 3.75. The number of rotatable bonds is 10. The Morgan fingerprint density at radius 2 is 1.80 bits per heavy atom. The van der Waals surface area contributed by atoms with E-state index in [2.05, 4.69) is 5.32 Å². The van der Waals surface area contributed by atoms with Crippen LogP contribution in [-0.2, 0) is 11.2 Å². The highest BCUT2D eigenvalue weighted by Gasteiger charge is 2.07. The minimum atomic E-state index is 0.619. The largest absolute Gasteiger partial charge is 0.495 e. The lowest BCUT2D eigenvalue weighted by molar-refractivity contribution is 0.199. The van der Waals surface area contributed by atoms with E-state index in [0.717, 1.165) is 49.5 Å². The molecule has 20 heavy (non-hydrogen) atoms. The van der Waals surface area contributed by atoms with Crippen LogP contribution in [-0.4, -0.2) is 33.9 Å². The van der Waals surface area contributed by atoms with Crippen molar-refractivity contribution in [3.63, 3.8) is 0 Å². The van der Waals surface area contributed by atoms with Gasteiger partial charge in [-0.1, -0.05) is 29.6 Å². The molecular formula is C15H23Cl2NO2. The molecule has 1 aromatic rings. The molecule has 0 unspecified atom stereocenters. The normalized spacial score (nSPS) is 10.8. The first-order valence-corrected chi connectivity index (χ1v) is 7.66. The Hall–Kier alpha value is -0.480. The summed E-state index contributed by atoms with van der Waals surface area (Å²) in [5, 5.41) is 4.68.